The average Bonchev–Trinajstić information content (AvgIpc) is 2.68. The van der Waals surface area contributed by atoms with Crippen LogP contribution in [-0.2, 0) is 4.79 Å². The molecule has 1 aromatic heterocycles. The van der Waals surface area contributed by atoms with Crippen LogP contribution >= 0.6 is 0 Å². The quantitative estimate of drug-likeness (QED) is 0.709. The van der Waals surface area contributed by atoms with Gasteiger partial charge in [-0.1, -0.05) is 0 Å². The molecule has 6 nitrogen and oxygen atoms in total. The zero-order valence-electron chi connectivity index (χ0n) is 7.96. The van der Waals surface area contributed by atoms with Crippen molar-refractivity contribution in [3.63, 3.8) is 0 Å². The predicted molar refractivity (Wildman–Crippen MR) is 50.5 cm³/mol. The van der Waals surface area contributed by atoms with Crippen LogP contribution in [0.4, 0.5) is 0 Å². The monoisotopic (exact) mass is 209 g/mol. The van der Waals surface area contributed by atoms with Crippen LogP contribution in [0.3, 0.4) is 0 Å². The van der Waals surface area contributed by atoms with Crippen LogP contribution in [0.15, 0.2) is 18.6 Å². The van der Waals surface area contributed by atoms with Crippen molar-refractivity contribution in [2.75, 3.05) is 6.54 Å². The van der Waals surface area contributed by atoms with E-state index in [1.807, 2.05) is 0 Å². The van der Waals surface area contributed by atoms with E-state index in [4.69, 9.17) is 9.84 Å². The molecule has 15 heavy (non-hydrogen) atoms. The maximum absolute atomic E-state index is 10.7. The third-order valence-corrected chi connectivity index (χ3v) is 2.22. The van der Waals surface area contributed by atoms with Gasteiger partial charge in [-0.25, -0.2) is 4.98 Å². The highest BCUT2D eigenvalue weighted by atomic mass is 16.5. The summed E-state index contributed by atoms with van der Waals surface area (Å²) >= 11 is 0. The second kappa shape index (κ2) is 4.22. The third-order valence-electron chi connectivity index (χ3n) is 2.22. The van der Waals surface area contributed by atoms with Gasteiger partial charge < -0.3 is 15.2 Å². The number of aromatic nitrogens is 2. The summed E-state index contributed by atoms with van der Waals surface area (Å²) in [6.07, 6.45) is 4.90. The highest BCUT2D eigenvalue weighted by Gasteiger charge is 2.30. The molecule has 80 valence electrons. The van der Waals surface area contributed by atoms with Crippen molar-refractivity contribution in [2.45, 2.75) is 18.6 Å². The summed E-state index contributed by atoms with van der Waals surface area (Å²) < 4.78 is 5.46. The van der Waals surface area contributed by atoms with Crippen molar-refractivity contribution in [1.82, 2.24) is 15.3 Å². The van der Waals surface area contributed by atoms with E-state index >= 15 is 0 Å². The van der Waals surface area contributed by atoms with Gasteiger partial charge in [-0.3, -0.25) is 9.78 Å². The van der Waals surface area contributed by atoms with E-state index in [0.29, 0.717) is 18.8 Å². The van der Waals surface area contributed by atoms with Crippen LogP contribution in [0.1, 0.15) is 6.42 Å². The van der Waals surface area contributed by atoms with Crippen LogP contribution in [0.2, 0.25) is 0 Å². The lowest BCUT2D eigenvalue weighted by atomic mass is 10.2. The van der Waals surface area contributed by atoms with Crippen molar-refractivity contribution < 1.29 is 14.6 Å². The van der Waals surface area contributed by atoms with Crippen LogP contribution in [0, 0.1) is 0 Å². The van der Waals surface area contributed by atoms with Gasteiger partial charge in [0.05, 0.1) is 6.20 Å². The number of hydrogen-bond donors (Lipinski definition) is 2. The molecule has 1 aromatic rings. The molecule has 0 aromatic carbocycles. The van der Waals surface area contributed by atoms with Gasteiger partial charge in [0.1, 0.15) is 12.1 Å². The summed E-state index contributed by atoms with van der Waals surface area (Å²) in [6.45, 7) is 0.521. The van der Waals surface area contributed by atoms with Crippen LogP contribution < -0.4 is 10.1 Å². The van der Waals surface area contributed by atoms with Gasteiger partial charge in [0.25, 0.3) is 0 Å². The molecule has 2 rings (SSSR count). The van der Waals surface area contributed by atoms with Crippen molar-refractivity contribution in [3.05, 3.63) is 18.6 Å². The Balaban J connectivity index is 1.90. The molecule has 2 unspecified atom stereocenters. The lowest BCUT2D eigenvalue weighted by Crippen LogP contribution is -2.30. The molecule has 6 heteroatoms. The van der Waals surface area contributed by atoms with Crippen LogP contribution in [-0.4, -0.2) is 39.7 Å². The second-order valence-electron chi connectivity index (χ2n) is 3.32. The topological polar surface area (TPSA) is 84.3 Å². The molecular formula is C9H11N3O3. The van der Waals surface area contributed by atoms with E-state index in [1.54, 1.807) is 6.20 Å². The number of rotatable bonds is 3. The van der Waals surface area contributed by atoms with Crippen LogP contribution in [0.25, 0.3) is 0 Å². The molecule has 1 fully saturated rings. The van der Waals surface area contributed by atoms with Gasteiger partial charge in [-0.05, 0) is 0 Å². The molecule has 0 spiro atoms. The fourth-order valence-electron chi connectivity index (χ4n) is 1.50. The lowest BCUT2D eigenvalue weighted by Gasteiger charge is -2.10. The normalized spacial score (nSPS) is 25.1. The zero-order chi connectivity index (χ0) is 10.7. The van der Waals surface area contributed by atoms with Gasteiger partial charge in [-0.2, -0.15) is 0 Å². The smallest absolute Gasteiger partial charge is 0.320 e. The van der Waals surface area contributed by atoms with Crippen LogP contribution in [0.5, 0.6) is 5.88 Å². The molecule has 2 heterocycles. The average molecular weight is 209 g/mol. The minimum Gasteiger partial charge on any atom is -0.480 e. The maximum atomic E-state index is 10.7. The molecule has 0 amide bonds. The number of carboxylic acid groups (broad SMARTS) is 1. The lowest BCUT2D eigenvalue weighted by molar-refractivity contribution is -0.139. The molecule has 2 N–H and O–H groups in total. The number of aliphatic carboxylic acids is 1. The van der Waals surface area contributed by atoms with Gasteiger partial charge in [0, 0.05) is 25.4 Å². The SMILES string of the molecule is O=C(O)C1CC(Oc2cnccn2)CN1. The Bertz CT molecular complexity index is 344. The number of carboxylic acids is 1. The van der Waals surface area contributed by atoms with Crippen molar-refractivity contribution in [2.24, 2.45) is 0 Å². The summed E-state index contributed by atoms with van der Waals surface area (Å²) in [5.74, 6) is -0.421. The first-order valence-electron chi connectivity index (χ1n) is 4.64. The fourth-order valence-corrected chi connectivity index (χ4v) is 1.50. The Morgan fingerprint density at radius 3 is 3.07 bits per heavy atom. The summed E-state index contributed by atoms with van der Waals surface area (Å²) in [4.78, 5) is 18.5. The molecule has 1 aliphatic rings. The molecule has 2 atom stereocenters. The Hall–Kier alpha value is -1.69. The Labute approximate surface area is 86.3 Å². The predicted octanol–water partition coefficient (Wildman–Crippen LogP) is -0.330. The first kappa shape index (κ1) is 9.85. The zero-order valence-corrected chi connectivity index (χ0v) is 7.96. The molecule has 0 saturated carbocycles. The number of ether oxygens (including phenoxy) is 1. The van der Waals surface area contributed by atoms with E-state index in [-0.39, 0.29) is 6.10 Å². The molecule has 1 saturated heterocycles. The van der Waals surface area contributed by atoms with Gasteiger partial charge in [0.15, 0.2) is 0 Å². The minimum absolute atomic E-state index is 0.150. The molecule has 1 aliphatic heterocycles. The largest absolute Gasteiger partial charge is 0.480 e. The van der Waals surface area contributed by atoms with Gasteiger partial charge in [0.2, 0.25) is 5.88 Å². The number of nitrogens with one attached hydrogen (secondary N) is 1. The summed E-state index contributed by atoms with van der Waals surface area (Å²) in [5.41, 5.74) is 0. The number of carbonyl (C=O) groups is 1. The molecule has 0 radical (unpaired) electrons. The standard InChI is InChI=1S/C9H11N3O3/c13-9(14)7-3-6(4-12-7)15-8-5-10-1-2-11-8/h1-2,5-7,12H,3-4H2,(H,13,14). The van der Waals surface area contributed by atoms with Gasteiger partial charge >= 0.3 is 5.97 Å². The molecule has 0 bridgehead atoms. The van der Waals surface area contributed by atoms with Crippen molar-refractivity contribution in [1.29, 1.82) is 0 Å². The van der Waals surface area contributed by atoms with Gasteiger partial charge in [-0.15, -0.1) is 0 Å². The summed E-state index contributed by atoms with van der Waals surface area (Å²) in [6, 6.07) is -0.522. The van der Waals surface area contributed by atoms with Crippen molar-refractivity contribution in [3.8, 4) is 5.88 Å². The number of nitrogens with zero attached hydrogens (tertiary/aromatic N) is 2. The highest BCUT2D eigenvalue weighted by molar-refractivity contribution is 5.73. The maximum Gasteiger partial charge on any atom is 0.320 e. The minimum atomic E-state index is -0.847. The summed E-state index contributed by atoms with van der Waals surface area (Å²) in [5, 5.41) is 11.6. The van der Waals surface area contributed by atoms with E-state index in [2.05, 4.69) is 15.3 Å². The second-order valence-corrected chi connectivity index (χ2v) is 3.32. The fraction of sp³-hybridized carbons (Fsp3) is 0.444. The Kier molecular flexibility index (Phi) is 2.77. The first-order chi connectivity index (χ1) is 7.25. The molecule has 0 aliphatic carbocycles. The Morgan fingerprint density at radius 1 is 1.60 bits per heavy atom. The first-order valence-corrected chi connectivity index (χ1v) is 4.64. The van der Waals surface area contributed by atoms with E-state index < -0.39 is 12.0 Å². The van der Waals surface area contributed by atoms with E-state index in [0.717, 1.165) is 0 Å². The molecular weight excluding hydrogens is 198 g/mol. The van der Waals surface area contributed by atoms with Crippen molar-refractivity contribution >= 4 is 5.97 Å². The Morgan fingerprint density at radius 2 is 2.47 bits per heavy atom. The number of hydrogen-bond acceptors (Lipinski definition) is 5. The third kappa shape index (κ3) is 2.41. The summed E-state index contributed by atoms with van der Waals surface area (Å²) in [7, 11) is 0. The van der Waals surface area contributed by atoms with E-state index in [9.17, 15) is 4.79 Å². The van der Waals surface area contributed by atoms with E-state index in [1.165, 1.54) is 12.4 Å². The highest BCUT2D eigenvalue weighted by Crippen LogP contribution is 2.13.